The lowest BCUT2D eigenvalue weighted by Crippen LogP contribution is -2.00. The second-order valence-corrected chi connectivity index (χ2v) is 5.41. The number of aromatic hydroxyl groups is 2. The van der Waals surface area contributed by atoms with E-state index in [4.69, 9.17) is 0 Å². The highest BCUT2D eigenvalue weighted by molar-refractivity contribution is 7.96. The lowest BCUT2D eigenvalue weighted by Gasteiger charge is -2.04. The van der Waals surface area contributed by atoms with Crippen LogP contribution in [0.3, 0.4) is 0 Å². The summed E-state index contributed by atoms with van der Waals surface area (Å²) in [5.74, 6) is 0.413. The van der Waals surface area contributed by atoms with Crippen LogP contribution in [-0.4, -0.2) is 16.5 Å². The van der Waals surface area contributed by atoms with Gasteiger partial charge in [-0.2, -0.15) is 0 Å². The maximum atomic E-state index is 9.76. The second-order valence-electron chi connectivity index (χ2n) is 3.48. The summed E-state index contributed by atoms with van der Waals surface area (Å²) in [4.78, 5) is 1.91. The van der Waals surface area contributed by atoms with Gasteiger partial charge in [0.15, 0.2) is 10.6 Å². The summed E-state index contributed by atoms with van der Waals surface area (Å²) in [6.07, 6.45) is 2.03. The molecular weight excluding hydrogens is 220 g/mol. The van der Waals surface area contributed by atoms with E-state index in [0.717, 1.165) is 9.79 Å². The van der Waals surface area contributed by atoms with E-state index in [1.54, 1.807) is 6.07 Å². The van der Waals surface area contributed by atoms with Gasteiger partial charge in [-0.05, 0) is 24.3 Å². The Hall–Kier alpha value is -1.61. The summed E-state index contributed by atoms with van der Waals surface area (Å²) in [5.41, 5.74) is 0. The zero-order chi connectivity index (χ0) is 11.5. The van der Waals surface area contributed by atoms with Gasteiger partial charge in [-0.1, -0.05) is 18.2 Å². The molecule has 2 aromatic carbocycles. The van der Waals surface area contributed by atoms with Gasteiger partial charge in [0.25, 0.3) is 0 Å². The molecule has 0 aliphatic heterocycles. The van der Waals surface area contributed by atoms with Gasteiger partial charge in [0.1, 0.15) is 12.0 Å². The van der Waals surface area contributed by atoms with Gasteiger partial charge in [0, 0.05) is 6.07 Å². The largest absolute Gasteiger partial charge is 0.508 e. The van der Waals surface area contributed by atoms with Gasteiger partial charge < -0.3 is 10.2 Å². The Balaban J connectivity index is 2.41. The molecule has 2 N–H and O–H groups in total. The molecule has 3 heteroatoms. The fraction of sp³-hybridized carbons (Fsp3) is 0.0769. The summed E-state index contributed by atoms with van der Waals surface area (Å²) in [6.45, 7) is 0. The molecule has 0 spiro atoms. The lowest BCUT2D eigenvalue weighted by atomic mass is 10.3. The first-order valence-electron chi connectivity index (χ1n) is 4.91. The Kier molecular flexibility index (Phi) is 3.06. The zero-order valence-electron chi connectivity index (χ0n) is 8.92. The highest BCUT2D eigenvalue weighted by atomic mass is 32.2. The van der Waals surface area contributed by atoms with E-state index < -0.39 is 0 Å². The molecule has 0 heterocycles. The topological polar surface area (TPSA) is 40.5 Å². The average molecular weight is 233 g/mol. The molecule has 2 rings (SSSR count). The van der Waals surface area contributed by atoms with E-state index in [1.165, 1.54) is 12.1 Å². The van der Waals surface area contributed by atoms with E-state index >= 15 is 0 Å². The molecule has 0 aromatic heterocycles. The third-order valence-electron chi connectivity index (χ3n) is 2.37. The summed E-state index contributed by atoms with van der Waals surface area (Å²) < 4.78 is 0. The highest BCUT2D eigenvalue weighted by Crippen LogP contribution is 2.31. The van der Waals surface area contributed by atoms with Crippen molar-refractivity contribution < 1.29 is 10.2 Å². The third kappa shape index (κ3) is 2.14. The summed E-state index contributed by atoms with van der Waals surface area (Å²) >= 11 is 0. The maximum absolute atomic E-state index is 9.76. The number of hydrogen-bond acceptors (Lipinski definition) is 2. The SMILES string of the molecule is C[S+](c1ccccc1)c1cc(O)ccc1O. The van der Waals surface area contributed by atoms with Crippen LogP contribution in [0.15, 0.2) is 58.3 Å². The first-order chi connectivity index (χ1) is 7.68. The van der Waals surface area contributed by atoms with E-state index in [-0.39, 0.29) is 22.4 Å². The maximum Gasteiger partial charge on any atom is 0.205 e. The van der Waals surface area contributed by atoms with Crippen molar-refractivity contribution in [2.45, 2.75) is 9.79 Å². The minimum absolute atomic E-state index is 0.183. The third-order valence-corrected chi connectivity index (χ3v) is 4.34. The average Bonchev–Trinajstić information content (AvgIpc) is 2.32. The predicted octanol–water partition coefficient (Wildman–Crippen LogP) is 2.76. The molecule has 0 bridgehead atoms. The summed E-state index contributed by atoms with van der Waals surface area (Å²) in [7, 11) is -0.229. The quantitative estimate of drug-likeness (QED) is 0.618. The van der Waals surface area contributed by atoms with Crippen LogP contribution in [0.5, 0.6) is 11.5 Å². The molecule has 2 nitrogen and oxygen atoms in total. The van der Waals surface area contributed by atoms with Gasteiger partial charge >= 0.3 is 0 Å². The molecule has 1 atom stereocenters. The Morgan fingerprint density at radius 3 is 2.31 bits per heavy atom. The van der Waals surface area contributed by atoms with Gasteiger partial charge in [0.05, 0.1) is 10.9 Å². The van der Waals surface area contributed by atoms with Crippen LogP contribution < -0.4 is 0 Å². The van der Waals surface area contributed by atoms with Gasteiger partial charge in [-0.3, -0.25) is 0 Å². The molecule has 0 saturated carbocycles. The molecule has 2 aromatic rings. The van der Waals surface area contributed by atoms with Crippen LogP contribution in [0.4, 0.5) is 0 Å². The van der Waals surface area contributed by atoms with Crippen molar-refractivity contribution in [2.75, 3.05) is 6.26 Å². The fourth-order valence-electron chi connectivity index (χ4n) is 1.50. The van der Waals surface area contributed by atoms with Crippen molar-refractivity contribution >= 4 is 10.9 Å². The summed E-state index contributed by atoms with van der Waals surface area (Å²) in [6, 6.07) is 14.6. The van der Waals surface area contributed by atoms with Gasteiger partial charge in [0.2, 0.25) is 4.90 Å². The number of benzene rings is 2. The van der Waals surface area contributed by atoms with Crippen LogP contribution in [-0.2, 0) is 10.9 Å². The molecule has 0 aliphatic rings. The number of hydrogen-bond donors (Lipinski definition) is 2. The molecule has 82 valence electrons. The fourth-order valence-corrected chi connectivity index (χ4v) is 3.00. The predicted molar refractivity (Wildman–Crippen MR) is 66.0 cm³/mol. The van der Waals surface area contributed by atoms with Crippen molar-refractivity contribution in [3.05, 3.63) is 48.5 Å². The van der Waals surface area contributed by atoms with Crippen LogP contribution in [0.1, 0.15) is 0 Å². The van der Waals surface area contributed by atoms with Gasteiger partial charge in [-0.25, -0.2) is 0 Å². The Bertz CT molecular complexity index is 483. The minimum Gasteiger partial charge on any atom is -0.508 e. The van der Waals surface area contributed by atoms with E-state index in [2.05, 4.69) is 0 Å². The number of rotatable bonds is 2. The standard InChI is InChI=1S/C13H12O2S/c1-16(11-5-3-2-4-6-11)13-9-10(14)7-8-12(13)15/h2-9H,1H3,(H-,14,15)/p+1. The van der Waals surface area contributed by atoms with Gasteiger partial charge in [-0.15, -0.1) is 0 Å². The van der Waals surface area contributed by atoms with Crippen molar-refractivity contribution in [1.29, 1.82) is 0 Å². The van der Waals surface area contributed by atoms with Crippen molar-refractivity contribution in [2.24, 2.45) is 0 Å². The molecule has 0 aliphatic carbocycles. The van der Waals surface area contributed by atoms with Crippen LogP contribution >= 0.6 is 0 Å². The van der Waals surface area contributed by atoms with Crippen LogP contribution in [0.2, 0.25) is 0 Å². The second kappa shape index (κ2) is 4.49. The first kappa shape index (κ1) is 10.9. The van der Waals surface area contributed by atoms with E-state index in [9.17, 15) is 10.2 Å². The molecule has 0 saturated heterocycles. The van der Waals surface area contributed by atoms with E-state index in [1.807, 2.05) is 36.6 Å². The van der Waals surface area contributed by atoms with Crippen LogP contribution in [0.25, 0.3) is 0 Å². The Labute approximate surface area is 97.5 Å². The molecule has 0 amide bonds. The Morgan fingerprint density at radius 2 is 1.62 bits per heavy atom. The summed E-state index contributed by atoms with van der Waals surface area (Å²) in [5, 5.41) is 19.2. The lowest BCUT2D eigenvalue weighted by molar-refractivity contribution is 0.448. The van der Waals surface area contributed by atoms with Crippen molar-refractivity contribution in [3.63, 3.8) is 0 Å². The first-order valence-corrected chi connectivity index (χ1v) is 6.55. The molecular formula is C13H13O2S+. The van der Waals surface area contributed by atoms with E-state index in [0.29, 0.717) is 0 Å². The molecule has 16 heavy (non-hydrogen) atoms. The number of phenolic OH excluding ortho intramolecular Hbond substituents is 2. The monoisotopic (exact) mass is 233 g/mol. The Morgan fingerprint density at radius 1 is 0.938 bits per heavy atom. The molecule has 1 unspecified atom stereocenters. The molecule has 0 fully saturated rings. The normalized spacial score (nSPS) is 12.3. The smallest absolute Gasteiger partial charge is 0.205 e. The highest BCUT2D eigenvalue weighted by Gasteiger charge is 2.23. The van der Waals surface area contributed by atoms with Crippen molar-refractivity contribution in [1.82, 2.24) is 0 Å². The van der Waals surface area contributed by atoms with Crippen molar-refractivity contribution in [3.8, 4) is 11.5 Å². The minimum atomic E-state index is -0.229. The molecule has 0 radical (unpaired) electrons. The number of phenols is 2. The zero-order valence-corrected chi connectivity index (χ0v) is 9.74. The van der Waals surface area contributed by atoms with Crippen LogP contribution in [0, 0.1) is 0 Å².